The number of amides is 1. The maximum absolute atomic E-state index is 10.5. The number of hydrogen-bond acceptors (Lipinski definition) is 3. The summed E-state index contributed by atoms with van der Waals surface area (Å²) in [4.78, 5) is 21.0. The molecule has 0 unspecified atom stereocenters. The first-order valence-electron chi connectivity index (χ1n) is 3.57. The van der Waals surface area contributed by atoms with E-state index in [-0.39, 0.29) is 11.7 Å². The van der Waals surface area contributed by atoms with Crippen LogP contribution in [0.15, 0.2) is 11.1 Å². The number of allylic oxidation sites excluding steroid dienone is 1. The van der Waals surface area contributed by atoms with Crippen LogP contribution in [0.1, 0.15) is 20.8 Å². The van der Waals surface area contributed by atoms with Crippen LogP contribution in [0.4, 0.5) is 0 Å². The van der Waals surface area contributed by atoms with Crippen LogP contribution in [0.3, 0.4) is 0 Å². The molecule has 0 radical (unpaired) electrons. The lowest BCUT2D eigenvalue weighted by molar-refractivity contribution is -0.118. The van der Waals surface area contributed by atoms with Gasteiger partial charge in [0.05, 0.1) is 5.75 Å². The Kier molecular flexibility index (Phi) is 5.45. The molecule has 0 heterocycles. The summed E-state index contributed by atoms with van der Waals surface area (Å²) in [6.07, 6.45) is 0. The van der Waals surface area contributed by atoms with Crippen LogP contribution in [-0.2, 0) is 9.59 Å². The second-order valence-electron chi connectivity index (χ2n) is 2.50. The molecule has 0 saturated heterocycles. The molecule has 1 amide bonds. The third-order valence-electron chi connectivity index (χ3n) is 0.920. The highest BCUT2D eigenvalue weighted by molar-refractivity contribution is 8.02. The van der Waals surface area contributed by atoms with Crippen LogP contribution in [-0.4, -0.2) is 17.4 Å². The Bertz CT molecular complexity index is 211. The van der Waals surface area contributed by atoms with Crippen molar-refractivity contribution in [3.63, 3.8) is 0 Å². The van der Waals surface area contributed by atoms with Gasteiger partial charge in [0, 0.05) is 12.6 Å². The number of carbonyl (C=O) groups is 2. The number of ketones is 1. The zero-order valence-electron chi connectivity index (χ0n) is 7.51. The van der Waals surface area contributed by atoms with Crippen molar-refractivity contribution >= 4 is 23.5 Å². The smallest absolute Gasteiger partial charge is 0.221 e. The van der Waals surface area contributed by atoms with E-state index in [4.69, 9.17) is 0 Å². The predicted molar refractivity (Wildman–Crippen MR) is 50.7 cm³/mol. The average Bonchev–Trinajstić information content (AvgIpc) is 1.84. The van der Waals surface area contributed by atoms with Gasteiger partial charge in [-0.05, 0) is 19.3 Å². The van der Waals surface area contributed by atoms with Gasteiger partial charge in [-0.3, -0.25) is 9.59 Å². The lowest BCUT2D eigenvalue weighted by atomic mass is 10.5. The van der Waals surface area contributed by atoms with Crippen molar-refractivity contribution in [2.75, 3.05) is 5.75 Å². The Morgan fingerprint density at radius 1 is 1.33 bits per heavy atom. The Morgan fingerprint density at radius 2 is 1.92 bits per heavy atom. The van der Waals surface area contributed by atoms with E-state index in [2.05, 4.69) is 5.32 Å². The quantitative estimate of drug-likeness (QED) is 0.721. The van der Waals surface area contributed by atoms with E-state index in [0.717, 1.165) is 5.70 Å². The van der Waals surface area contributed by atoms with Crippen LogP contribution >= 0.6 is 11.8 Å². The van der Waals surface area contributed by atoms with Gasteiger partial charge in [0.25, 0.3) is 0 Å². The molecule has 0 spiro atoms. The van der Waals surface area contributed by atoms with Gasteiger partial charge in [0.2, 0.25) is 5.91 Å². The topological polar surface area (TPSA) is 46.2 Å². The molecule has 0 aliphatic carbocycles. The molecule has 0 bridgehead atoms. The van der Waals surface area contributed by atoms with Crippen molar-refractivity contribution in [1.82, 2.24) is 5.32 Å². The van der Waals surface area contributed by atoms with Gasteiger partial charge < -0.3 is 5.32 Å². The highest BCUT2D eigenvalue weighted by atomic mass is 32.2. The van der Waals surface area contributed by atoms with E-state index in [9.17, 15) is 9.59 Å². The lowest BCUT2D eigenvalue weighted by Gasteiger charge is -1.99. The van der Waals surface area contributed by atoms with E-state index in [1.54, 1.807) is 12.3 Å². The van der Waals surface area contributed by atoms with Gasteiger partial charge in [-0.25, -0.2) is 0 Å². The van der Waals surface area contributed by atoms with E-state index < -0.39 is 0 Å². The minimum absolute atomic E-state index is 0.0906. The summed E-state index contributed by atoms with van der Waals surface area (Å²) in [5.41, 5.74) is 0.772. The summed E-state index contributed by atoms with van der Waals surface area (Å²) < 4.78 is 0. The fraction of sp³-hybridized carbons (Fsp3) is 0.500. The number of Topliss-reactive ketones (excluding diaryl/α,β-unsaturated/α-hetero) is 1. The average molecular weight is 187 g/mol. The van der Waals surface area contributed by atoms with Crippen LogP contribution in [0.5, 0.6) is 0 Å². The highest BCUT2D eigenvalue weighted by Gasteiger charge is 1.93. The molecule has 0 atom stereocenters. The van der Waals surface area contributed by atoms with Crippen LogP contribution in [0, 0.1) is 0 Å². The molecular weight excluding hydrogens is 174 g/mol. The van der Waals surface area contributed by atoms with E-state index in [0.29, 0.717) is 5.75 Å². The molecule has 0 aromatic heterocycles. The second kappa shape index (κ2) is 5.83. The summed E-state index contributed by atoms with van der Waals surface area (Å²) in [6.45, 7) is 4.77. The number of carbonyl (C=O) groups excluding carboxylic acids is 2. The van der Waals surface area contributed by atoms with Gasteiger partial charge in [0.1, 0.15) is 5.78 Å². The van der Waals surface area contributed by atoms with Gasteiger partial charge >= 0.3 is 0 Å². The number of thioether (sulfide) groups is 1. The first kappa shape index (κ1) is 11.2. The molecule has 3 nitrogen and oxygen atoms in total. The molecule has 0 aromatic carbocycles. The normalized spacial score (nSPS) is 11.1. The SMILES string of the molecule is CC(=O)CS/C=C(/C)NC(C)=O. The van der Waals surface area contributed by atoms with E-state index in [1.165, 1.54) is 25.6 Å². The minimum atomic E-state index is -0.0906. The van der Waals surface area contributed by atoms with Gasteiger partial charge in [0.15, 0.2) is 0 Å². The Hall–Kier alpha value is -0.770. The molecule has 12 heavy (non-hydrogen) atoms. The van der Waals surface area contributed by atoms with Crippen molar-refractivity contribution in [2.24, 2.45) is 0 Å². The zero-order chi connectivity index (χ0) is 9.56. The van der Waals surface area contributed by atoms with Crippen molar-refractivity contribution in [2.45, 2.75) is 20.8 Å². The first-order valence-corrected chi connectivity index (χ1v) is 4.62. The van der Waals surface area contributed by atoms with Crippen molar-refractivity contribution in [1.29, 1.82) is 0 Å². The van der Waals surface area contributed by atoms with Crippen molar-refractivity contribution in [3.05, 3.63) is 11.1 Å². The molecule has 4 heteroatoms. The first-order chi connectivity index (χ1) is 5.52. The Balaban J connectivity index is 3.69. The summed E-state index contributed by atoms with van der Waals surface area (Å²) in [6, 6.07) is 0. The predicted octanol–water partition coefficient (Wildman–Crippen LogP) is 1.31. The molecule has 0 aliphatic rings. The monoisotopic (exact) mass is 187 g/mol. The summed E-state index contributed by atoms with van der Waals surface area (Å²) >= 11 is 1.39. The lowest BCUT2D eigenvalue weighted by Crippen LogP contribution is -2.16. The maximum atomic E-state index is 10.5. The summed E-state index contributed by atoms with van der Waals surface area (Å²) in [5.74, 6) is 0.496. The summed E-state index contributed by atoms with van der Waals surface area (Å²) in [5, 5.41) is 4.37. The Morgan fingerprint density at radius 3 is 2.33 bits per heavy atom. The van der Waals surface area contributed by atoms with Crippen molar-refractivity contribution < 1.29 is 9.59 Å². The molecule has 0 fully saturated rings. The maximum Gasteiger partial charge on any atom is 0.221 e. The van der Waals surface area contributed by atoms with Crippen LogP contribution in [0.2, 0.25) is 0 Å². The number of nitrogens with one attached hydrogen (secondary N) is 1. The third kappa shape index (κ3) is 7.34. The molecule has 68 valence electrons. The molecule has 0 aliphatic heterocycles. The standard InChI is InChI=1S/C8H13NO2S/c1-6(9-8(3)11)4-12-5-7(2)10/h4H,5H2,1-3H3,(H,9,11)/b6-4-. The largest absolute Gasteiger partial charge is 0.330 e. The van der Waals surface area contributed by atoms with Gasteiger partial charge in [-0.2, -0.15) is 0 Å². The van der Waals surface area contributed by atoms with E-state index >= 15 is 0 Å². The van der Waals surface area contributed by atoms with Crippen LogP contribution in [0.25, 0.3) is 0 Å². The zero-order valence-corrected chi connectivity index (χ0v) is 8.33. The number of rotatable bonds is 4. The number of hydrogen-bond donors (Lipinski definition) is 1. The Labute approximate surface area is 76.6 Å². The van der Waals surface area contributed by atoms with Gasteiger partial charge in [-0.1, -0.05) is 0 Å². The van der Waals surface area contributed by atoms with Crippen molar-refractivity contribution in [3.8, 4) is 0 Å². The highest BCUT2D eigenvalue weighted by Crippen LogP contribution is 2.04. The van der Waals surface area contributed by atoms with Crippen LogP contribution < -0.4 is 5.32 Å². The molecule has 1 N–H and O–H groups in total. The van der Waals surface area contributed by atoms with E-state index in [1.807, 2.05) is 0 Å². The fourth-order valence-electron chi connectivity index (χ4n) is 0.591. The second-order valence-corrected chi connectivity index (χ2v) is 3.35. The molecule has 0 rings (SSSR count). The fourth-order valence-corrected chi connectivity index (χ4v) is 1.22. The summed E-state index contributed by atoms with van der Waals surface area (Å²) in [7, 11) is 0. The van der Waals surface area contributed by atoms with Gasteiger partial charge in [-0.15, -0.1) is 11.8 Å². The molecular formula is C8H13NO2S. The minimum Gasteiger partial charge on any atom is -0.330 e. The molecule has 0 saturated carbocycles. The molecule has 0 aromatic rings. The third-order valence-corrected chi connectivity index (χ3v) is 2.01.